The first-order chi connectivity index (χ1) is 13.7. The number of pyridine rings is 2. The molecule has 0 amide bonds. The predicted molar refractivity (Wildman–Crippen MR) is 108 cm³/mol. The van der Waals surface area contributed by atoms with E-state index < -0.39 is 5.97 Å². The van der Waals surface area contributed by atoms with Crippen LogP contribution >= 0.6 is 0 Å². The molecule has 0 radical (unpaired) electrons. The van der Waals surface area contributed by atoms with Crippen LogP contribution in [0.3, 0.4) is 0 Å². The monoisotopic (exact) mass is 372 g/mol. The molecule has 0 unspecified atom stereocenters. The van der Waals surface area contributed by atoms with E-state index in [0.717, 1.165) is 27.7 Å². The third-order valence-corrected chi connectivity index (χ3v) is 4.56. The third kappa shape index (κ3) is 3.03. The van der Waals surface area contributed by atoms with Gasteiger partial charge in [-0.3, -0.25) is 4.98 Å². The number of carbonyl (C=O) groups is 1. The Labute approximate surface area is 162 Å². The van der Waals surface area contributed by atoms with Crippen LogP contribution in [0.5, 0.6) is 0 Å². The summed E-state index contributed by atoms with van der Waals surface area (Å²) in [6, 6.07) is 13.5. The van der Waals surface area contributed by atoms with Crippen LogP contribution in [-0.4, -0.2) is 32.3 Å². The molecule has 0 aliphatic heterocycles. The smallest absolute Gasteiger partial charge is 0.341 e. The summed E-state index contributed by atoms with van der Waals surface area (Å²) in [5.41, 5.74) is 4.17. The van der Waals surface area contributed by atoms with E-state index in [0.29, 0.717) is 17.8 Å². The number of nitrogens with zero attached hydrogens (tertiary/aromatic N) is 4. The second kappa shape index (κ2) is 7.60. The van der Waals surface area contributed by atoms with E-state index >= 15 is 0 Å². The zero-order valence-electron chi connectivity index (χ0n) is 15.8. The van der Waals surface area contributed by atoms with Gasteiger partial charge in [-0.2, -0.15) is 5.10 Å². The number of hydrogen-bond acceptors (Lipinski definition) is 5. The van der Waals surface area contributed by atoms with Gasteiger partial charge in [0.1, 0.15) is 0 Å². The molecule has 0 fully saturated rings. The van der Waals surface area contributed by atoms with Gasteiger partial charge in [0.05, 0.1) is 24.1 Å². The first-order valence-electron chi connectivity index (χ1n) is 9.27. The number of carbonyl (C=O) groups excluding carboxylic acids is 1. The number of aryl methyl sites for hydroxylation is 1. The van der Waals surface area contributed by atoms with Crippen molar-refractivity contribution in [2.75, 3.05) is 6.61 Å². The van der Waals surface area contributed by atoms with E-state index in [1.807, 2.05) is 54.1 Å². The Bertz CT molecular complexity index is 1120. The zero-order valence-corrected chi connectivity index (χ0v) is 15.8. The van der Waals surface area contributed by atoms with E-state index in [9.17, 15) is 4.79 Å². The summed E-state index contributed by atoms with van der Waals surface area (Å²) in [4.78, 5) is 22.1. The number of ether oxygens (including phenoxy) is 1. The maximum Gasteiger partial charge on any atom is 0.341 e. The van der Waals surface area contributed by atoms with Crippen molar-refractivity contribution in [2.24, 2.45) is 0 Å². The molecule has 140 valence electrons. The standard InChI is InChI=1S/C22H20N4O2/c1-3-26-21-17(14-24-26)18(16-11-8-12-23-13-16)19(22(27)28-4-2)20(25-21)15-9-6-5-7-10-15/h5-14H,3-4H2,1-2H3. The van der Waals surface area contributed by atoms with Crippen LogP contribution in [0.4, 0.5) is 0 Å². The highest BCUT2D eigenvalue weighted by molar-refractivity contribution is 6.10. The molecular weight excluding hydrogens is 352 g/mol. The lowest BCUT2D eigenvalue weighted by molar-refractivity contribution is 0.0528. The van der Waals surface area contributed by atoms with Crippen LogP contribution in [0.15, 0.2) is 61.1 Å². The van der Waals surface area contributed by atoms with Crippen molar-refractivity contribution in [1.82, 2.24) is 19.7 Å². The van der Waals surface area contributed by atoms with Crippen LogP contribution in [0.25, 0.3) is 33.4 Å². The fourth-order valence-corrected chi connectivity index (χ4v) is 3.34. The molecule has 0 N–H and O–H groups in total. The Hall–Kier alpha value is -3.54. The first kappa shape index (κ1) is 17.9. The highest BCUT2D eigenvalue weighted by atomic mass is 16.5. The van der Waals surface area contributed by atoms with E-state index in [1.54, 1.807) is 25.5 Å². The Balaban J connectivity index is 2.15. The van der Waals surface area contributed by atoms with E-state index in [2.05, 4.69) is 10.1 Å². The fraction of sp³-hybridized carbons (Fsp3) is 0.182. The minimum Gasteiger partial charge on any atom is -0.462 e. The van der Waals surface area contributed by atoms with Crippen LogP contribution < -0.4 is 0 Å². The molecule has 0 aliphatic rings. The second-order valence-electron chi connectivity index (χ2n) is 6.24. The quantitative estimate of drug-likeness (QED) is 0.487. The Morgan fingerprint density at radius 2 is 1.82 bits per heavy atom. The van der Waals surface area contributed by atoms with Gasteiger partial charge >= 0.3 is 5.97 Å². The Morgan fingerprint density at radius 3 is 2.50 bits per heavy atom. The normalized spacial score (nSPS) is 10.9. The number of aromatic nitrogens is 4. The zero-order chi connectivity index (χ0) is 19.5. The van der Waals surface area contributed by atoms with Crippen LogP contribution in [0.1, 0.15) is 24.2 Å². The van der Waals surface area contributed by atoms with Crippen molar-refractivity contribution >= 4 is 17.0 Å². The van der Waals surface area contributed by atoms with Gasteiger partial charge in [-0.05, 0) is 19.9 Å². The molecule has 1 aromatic carbocycles. The largest absolute Gasteiger partial charge is 0.462 e. The second-order valence-corrected chi connectivity index (χ2v) is 6.24. The Morgan fingerprint density at radius 1 is 1.04 bits per heavy atom. The summed E-state index contributed by atoms with van der Waals surface area (Å²) in [6.07, 6.45) is 5.21. The maximum atomic E-state index is 13.0. The van der Waals surface area contributed by atoms with E-state index in [1.165, 1.54) is 0 Å². The lowest BCUT2D eigenvalue weighted by atomic mass is 9.94. The molecule has 0 saturated carbocycles. The molecule has 28 heavy (non-hydrogen) atoms. The predicted octanol–water partition coefficient (Wildman–Crippen LogP) is 4.36. The molecular formula is C22H20N4O2. The number of hydrogen-bond donors (Lipinski definition) is 0. The van der Waals surface area contributed by atoms with Crippen molar-refractivity contribution < 1.29 is 9.53 Å². The molecule has 3 heterocycles. The summed E-state index contributed by atoms with van der Waals surface area (Å²) in [5, 5.41) is 5.27. The molecule has 0 spiro atoms. The van der Waals surface area contributed by atoms with Gasteiger partial charge in [-0.15, -0.1) is 0 Å². The lowest BCUT2D eigenvalue weighted by Gasteiger charge is -2.15. The SMILES string of the molecule is CCOC(=O)c1c(-c2ccccc2)nc2c(cnn2CC)c1-c1cccnc1. The average molecular weight is 372 g/mol. The number of fused-ring (bicyclic) bond motifs is 1. The lowest BCUT2D eigenvalue weighted by Crippen LogP contribution is -2.11. The van der Waals surface area contributed by atoms with Gasteiger partial charge in [0.15, 0.2) is 5.65 Å². The average Bonchev–Trinajstić information content (AvgIpc) is 3.16. The van der Waals surface area contributed by atoms with Gasteiger partial charge in [0.2, 0.25) is 0 Å². The molecule has 0 bridgehead atoms. The first-order valence-corrected chi connectivity index (χ1v) is 9.27. The minimum atomic E-state index is -0.404. The van der Waals surface area contributed by atoms with Crippen molar-refractivity contribution in [3.8, 4) is 22.4 Å². The molecule has 6 nitrogen and oxygen atoms in total. The third-order valence-electron chi connectivity index (χ3n) is 4.56. The fourth-order valence-electron chi connectivity index (χ4n) is 3.34. The minimum absolute atomic E-state index is 0.284. The molecule has 3 aromatic heterocycles. The summed E-state index contributed by atoms with van der Waals surface area (Å²) in [5.74, 6) is -0.404. The highest BCUT2D eigenvalue weighted by Gasteiger charge is 2.26. The van der Waals surface area contributed by atoms with Gasteiger partial charge in [0, 0.05) is 41.0 Å². The van der Waals surface area contributed by atoms with Crippen molar-refractivity contribution in [1.29, 1.82) is 0 Å². The van der Waals surface area contributed by atoms with Crippen LogP contribution in [-0.2, 0) is 11.3 Å². The van der Waals surface area contributed by atoms with Gasteiger partial charge in [0.25, 0.3) is 0 Å². The molecule has 0 aliphatic carbocycles. The van der Waals surface area contributed by atoms with Crippen molar-refractivity contribution in [2.45, 2.75) is 20.4 Å². The number of benzene rings is 1. The Kier molecular flexibility index (Phi) is 4.85. The topological polar surface area (TPSA) is 69.9 Å². The van der Waals surface area contributed by atoms with Crippen LogP contribution in [0.2, 0.25) is 0 Å². The molecule has 0 saturated heterocycles. The molecule has 4 rings (SSSR count). The summed E-state index contributed by atoms with van der Waals surface area (Å²) < 4.78 is 7.24. The van der Waals surface area contributed by atoms with E-state index in [4.69, 9.17) is 9.72 Å². The highest BCUT2D eigenvalue weighted by Crippen LogP contribution is 2.37. The van der Waals surface area contributed by atoms with Gasteiger partial charge < -0.3 is 4.74 Å². The molecule has 0 atom stereocenters. The molecule has 6 heteroatoms. The molecule has 4 aromatic rings. The van der Waals surface area contributed by atoms with Gasteiger partial charge in [-0.25, -0.2) is 14.5 Å². The van der Waals surface area contributed by atoms with Crippen molar-refractivity contribution in [3.05, 3.63) is 66.6 Å². The van der Waals surface area contributed by atoms with Crippen LogP contribution in [0, 0.1) is 0 Å². The maximum absolute atomic E-state index is 13.0. The summed E-state index contributed by atoms with van der Waals surface area (Å²) in [6.45, 7) is 4.77. The van der Waals surface area contributed by atoms with E-state index in [-0.39, 0.29) is 6.61 Å². The van der Waals surface area contributed by atoms with Crippen molar-refractivity contribution in [3.63, 3.8) is 0 Å². The number of rotatable bonds is 5. The number of esters is 1. The summed E-state index contributed by atoms with van der Waals surface area (Å²) >= 11 is 0. The summed E-state index contributed by atoms with van der Waals surface area (Å²) in [7, 11) is 0. The van der Waals surface area contributed by atoms with Gasteiger partial charge in [-0.1, -0.05) is 36.4 Å².